The molecule has 1 aliphatic heterocycles. The third-order valence-corrected chi connectivity index (χ3v) is 4.21. The zero-order valence-corrected chi connectivity index (χ0v) is 12.8. The topological polar surface area (TPSA) is 44.7 Å². The van der Waals surface area contributed by atoms with Crippen molar-refractivity contribution in [1.29, 1.82) is 0 Å². The molecule has 2 rings (SSSR count). The van der Waals surface area contributed by atoms with Crippen molar-refractivity contribution in [2.45, 2.75) is 25.4 Å². The zero-order valence-electron chi connectivity index (χ0n) is 12.8. The molecule has 4 nitrogen and oxygen atoms in total. The quantitative estimate of drug-likeness (QED) is 0.834. The number of hydrogen-bond acceptors (Lipinski definition) is 4. The van der Waals surface area contributed by atoms with E-state index in [9.17, 15) is 9.50 Å². The van der Waals surface area contributed by atoms with Crippen LogP contribution in [-0.4, -0.2) is 56.0 Å². The molecule has 2 unspecified atom stereocenters. The van der Waals surface area contributed by atoms with Crippen LogP contribution in [-0.2, 0) is 4.74 Å². The summed E-state index contributed by atoms with van der Waals surface area (Å²) in [4.78, 5) is 2.25. The van der Waals surface area contributed by atoms with Crippen LogP contribution < -0.4 is 5.32 Å². The minimum Gasteiger partial charge on any atom is -0.395 e. The second-order valence-electron chi connectivity index (χ2n) is 5.59. The highest BCUT2D eigenvalue weighted by molar-refractivity contribution is 5.25. The van der Waals surface area contributed by atoms with Crippen LogP contribution >= 0.6 is 0 Å². The van der Waals surface area contributed by atoms with E-state index in [1.54, 1.807) is 13.0 Å². The highest BCUT2D eigenvalue weighted by Crippen LogP contribution is 2.20. The Hall–Kier alpha value is -1.01. The Balaban J connectivity index is 1.96. The predicted octanol–water partition coefficient (Wildman–Crippen LogP) is 1.48. The SMILES string of the molecule is CNC(CCN1CCOCC1CO)c1ccc(C)c(F)c1. The second-order valence-corrected chi connectivity index (χ2v) is 5.59. The van der Waals surface area contributed by atoms with Crippen molar-refractivity contribution in [3.63, 3.8) is 0 Å². The summed E-state index contributed by atoms with van der Waals surface area (Å²) in [5, 5.41) is 12.6. The fourth-order valence-corrected chi connectivity index (χ4v) is 2.75. The fourth-order valence-electron chi connectivity index (χ4n) is 2.75. The van der Waals surface area contributed by atoms with Crippen LogP contribution in [0.5, 0.6) is 0 Å². The molecule has 1 fully saturated rings. The Kier molecular flexibility index (Phi) is 6.11. The summed E-state index contributed by atoms with van der Waals surface area (Å²) < 4.78 is 19.1. The van der Waals surface area contributed by atoms with Crippen molar-refractivity contribution in [2.24, 2.45) is 0 Å². The van der Waals surface area contributed by atoms with Crippen LogP contribution in [0.4, 0.5) is 4.39 Å². The molecule has 2 atom stereocenters. The van der Waals surface area contributed by atoms with Crippen LogP contribution in [0.3, 0.4) is 0 Å². The van der Waals surface area contributed by atoms with Crippen LogP contribution in [0, 0.1) is 12.7 Å². The summed E-state index contributed by atoms with van der Waals surface area (Å²) in [7, 11) is 1.89. The predicted molar refractivity (Wildman–Crippen MR) is 80.8 cm³/mol. The first-order valence-electron chi connectivity index (χ1n) is 7.51. The van der Waals surface area contributed by atoms with Gasteiger partial charge < -0.3 is 15.2 Å². The monoisotopic (exact) mass is 296 g/mol. The third-order valence-electron chi connectivity index (χ3n) is 4.21. The van der Waals surface area contributed by atoms with Crippen LogP contribution in [0.2, 0.25) is 0 Å². The average molecular weight is 296 g/mol. The van der Waals surface area contributed by atoms with E-state index >= 15 is 0 Å². The molecule has 5 heteroatoms. The van der Waals surface area contributed by atoms with E-state index in [2.05, 4.69) is 10.2 Å². The number of hydrogen-bond donors (Lipinski definition) is 2. The first-order chi connectivity index (χ1) is 10.2. The molecule has 0 amide bonds. The number of nitrogens with one attached hydrogen (secondary N) is 1. The third kappa shape index (κ3) is 4.23. The number of morpholine rings is 1. The molecule has 0 bridgehead atoms. The molecule has 1 heterocycles. The van der Waals surface area contributed by atoms with E-state index in [0.717, 1.165) is 25.1 Å². The molecule has 118 valence electrons. The maximum atomic E-state index is 13.7. The number of nitrogens with zero attached hydrogens (tertiary/aromatic N) is 1. The molecule has 0 spiro atoms. The standard InChI is InChI=1S/C16H25FN2O2/c1-12-3-4-13(9-15(12)17)16(18-2)5-6-19-7-8-21-11-14(19)10-20/h3-4,9,14,16,18,20H,5-8,10-11H2,1-2H3. The Labute approximate surface area is 125 Å². The Morgan fingerprint density at radius 1 is 1.52 bits per heavy atom. The first-order valence-corrected chi connectivity index (χ1v) is 7.51. The maximum Gasteiger partial charge on any atom is 0.126 e. The lowest BCUT2D eigenvalue weighted by Gasteiger charge is -2.35. The minimum absolute atomic E-state index is 0.0750. The number of benzene rings is 1. The molecular formula is C16H25FN2O2. The van der Waals surface area contributed by atoms with Gasteiger partial charge >= 0.3 is 0 Å². The number of rotatable bonds is 6. The van der Waals surface area contributed by atoms with Gasteiger partial charge in [-0.25, -0.2) is 4.39 Å². The highest BCUT2D eigenvalue weighted by Gasteiger charge is 2.23. The lowest BCUT2D eigenvalue weighted by molar-refractivity contribution is -0.0285. The van der Waals surface area contributed by atoms with Crippen LogP contribution in [0.25, 0.3) is 0 Å². The van der Waals surface area contributed by atoms with Gasteiger partial charge in [0.1, 0.15) is 5.82 Å². The first kappa shape index (κ1) is 16.4. The van der Waals surface area contributed by atoms with Gasteiger partial charge in [-0.05, 0) is 37.6 Å². The summed E-state index contributed by atoms with van der Waals surface area (Å²) in [5.41, 5.74) is 1.64. The summed E-state index contributed by atoms with van der Waals surface area (Å²) in [6.07, 6.45) is 0.871. The number of aliphatic hydroxyl groups is 1. The lowest BCUT2D eigenvalue weighted by atomic mass is 10.0. The molecule has 0 aromatic heterocycles. The number of aryl methyl sites for hydroxylation is 1. The fraction of sp³-hybridized carbons (Fsp3) is 0.625. The van der Waals surface area contributed by atoms with Gasteiger partial charge in [-0.1, -0.05) is 12.1 Å². The number of ether oxygens (including phenoxy) is 1. The summed E-state index contributed by atoms with van der Waals surface area (Å²) >= 11 is 0. The summed E-state index contributed by atoms with van der Waals surface area (Å²) in [6, 6.07) is 5.59. The van der Waals surface area contributed by atoms with Crippen molar-refractivity contribution < 1.29 is 14.2 Å². The Morgan fingerprint density at radius 2 is 2.33 bits per heavy atom. The average Bonchev–Trinajstić information content (AvgIpc) is 2.51. The van der Waals surface area contributed by atoms with Crippen molar-refractivity contribution in [3.05, 3.63) is 35.1 Å². The van der Waals surface area contributed by atoms with Gasteiger partial charge in [0.05, 0.1) is 25.9 Å². The lowest BCUT2D eigenvalue weighted by Crippen LogP contribution is -2.48. The van der Waals surface area contributed by atoms with E-state index < -0.39 is 0 Å². The van der Waals surface area contributed by atoms with E-state index in [4.69, 9.17) is 4.74 Å². The summed E-state index contributed by atoms with van der Waals surface area (Å²) in [6.45, 7) is 4.87. The van der Waals surface area contributed by atoms with Gasteiger partial charge in [-0.2, -0.15) is 0 Å². The molecule has 2 N–H and O–H groups in total. The Bertz CT molecular complexity index is 456. The van der Waals surface area contributed by atoms with Gasteiger partial charge in [0.2, 0.25) is 0 Å². The van der Waals surface area contributed by atoms with Gasteiger partial charge in [0.25, 0.3) is 0 Å². The molecular weight excluding hydrogens is 271 g/mol. The maximum absolute atomic E-state index is 13.7. The van der Waals surface area contributed by atoms with E-state index in [0.29, 0.717) is 18.8 Å². The van der Waals surface area contributed by atoms with E-state index in [1.165, 1.54) is 0 Å². The van der Waals surface area contributed by atoms with E-state index in [1.807, 2.05) is 19.2 Å². The zero-order chi connectivity index (χ0) is 15.2. The normalized spacial score (nSPS) is 21.4. The van der Waals surface area contributed by atoms with Crippen molar-refractivity contribution in [2.75, 3.05) is 40.0 Å². The van der Waals surface area contributed by atoms with Crippen molar-refractivity contribution in [3.8, 4) is 0 Å². The highest BCUT2D eigenvalue weighted by atomic mass is 19.1. The number of halogens is 1. The van der Waals surface area contributed by atoms with Crippen molar-refractivity contribution in [1.82, 2.24) is 10.2 Å². The molecule has 0 saturated carbocycles. The molecule has 21 heavy (non-hydrogen) atoms. The second kappa shape index (κ2) is 7.84. The molecule has 1 saturated heterocycles. The van der Waals surface area contributed by atoms with E-state index in [-0.39, 0.29) is 24.5 Å². The van der Waals surface area contributed by atoms with Crippen molar-refractivity contribution >= 4 is 0 Å². The van der Waals surface area contributed by atoms with Gasteiger partial charge in [0, 0.05) is 19.1 Å². The smallest absolute Gasteiger partial charge is 0.126 e. The molecule has 1 aliphatic rings. The van der Waals surface area contributed by atoms with Crippen LogP contribution in [0.15, 0.2) is 18.2 Å². The molecule has 1 aromatic carbocycles. The summed E-state index contributed by atoms with van der Waals surface area (Å²) in [5.74, 6) is -0.160. The molecule has 0 radical (unpaired) electrons. The largest absolute Gasteiger partial charge is 0.395 e. The number of aliphatic hydroxyl groups excluding tert-OH is 1. The van der Waals surface area contributed by atoms with Gasteiger partial charge in [-0.3, -0.25) is 4.90 Å². The molecule has 0 aliphatic carbocycles. The minimum atomic E-state index is -0.160. The van der Waals surface area contributed by atoms with Gasteiger partial charge in [-0.15, -0.1) is 0 Å². The molecule has 1 aromatic rings. The van der Waals surface area contributed by atoms with Crippen LogP contribution in [0.1, 0.15) is 23.6 Å². The van der Waals surface area contributed by atoms with Gasteiger partial charge in [0.15, 0.2) is 0 Å². The Morgan fingerprint density at radius 3 is 3.00 bits per heavy atom.